The van der Waals surface area contributed by atoms with Crippen molar-refractivity contribution >= 4 is 19.1 Å². The first kappa shape index (κ1) is 22.0. The van der Waals surface area contributed by atoms with E-state index in [2.05, 4.69) is 30.7 Å². The van der Waals surface area contributed by atoms with Gasteiger partial charge in [0.05, 0.1) is 5.69 Å². The van der Waals surface area contributed by atoms with Gasteiger partial charge in [-0.2, -0.15) is 5.26 Å². The standard InChI is InChI=1S/C22H28N4O3Si/c1-30(2,3)13-12-29-16-25-15-24-19-18(14-23)20(17-8-5-4-6-9-17)26(10-7-11-27)21(19)22(25)28/h4-6,8-9,15,27H,7,10-13,16H2,1-3H3. The van der Waals surface area contributed by atoms with E-state index in [1.54, 1.807) is 0 Å². The molecule has 0 bridgehead atoms. The Bertz CT molecular complexity index is 1110. The number of hydrogen-bond donors (Lipinski definition) is 1. The van der Waals surface area contributed by atoms with Crippen LogP contribution in [-0.4, -0.2) is 40.5 Å². The molecule has 30 heavy (non-hydrogen) atoms. The zero-order valence-electron chi connectivity index (χ0n) is 17.8. The summed E-state index contributed by atoms with van der Waals surface area (Å²) in [4.78, 5) is 17.7. The summed E-state index contributed by atoms with van der Waals surface area (Å²) < 4.78 is 8.99. The SMILES string of the molecule is C[Si](C)(C)CCOCn1cnc2c(C#N)c(-c3ccccc3)n(CCCO)c2c1=O. The number of hydrogen-bond acceptors (Lipinski definition) is 5. The molecule has 0 aliphatic rings. The second-order valence-electron chi connectivity index (χ2n) is 8.49. The van der Waals surface area contributed by atoms with E-state index in [0.29, 0.717) is 41.9 Å². The van der Waals surface area contributed by atoms with Gasteiger partial charge in [0, 0.05) is 27.8 Å². The number of benzene rings is 1. The van der Waals surface area contributed by atoms with Crippen LogP contribution in [0, 0.1) is 11.3 Å². The number of nitrogens with zero attached hydrogens (tertiary/aromatic N) is 4. The van der Waals surface area contributed by atoms with Crippen LogP contribution in [0.2, 0.25) is 25.7 Å². The molecule has 158 valence electrons. The van der Waals surface area contributed by atoms with Gasteiger partial charge in [-0.15, -0.1) is 0 Å². The van der Waals surface area contributed by atoms with Crippen molar-refractivity contribution in [2.24, 2.45) is 0 Å². The monoisotopic (exact) mass is 424 g/mol. The molecule has 8 heteroatoms. The smallest absolute Gasteiger partial charge is 0.279 e. The molecule has 3 aromatic rings. The fourth-order valence-electron chi connectivity index (χ4n) is 3.35. The molecule has 0 radical (unpaired) electrons. The Morgan fingerprint density at radius 3 is 2.60 bits per heavy atom. The maximum Gasteiger partial charge on any atom is 0.279 e. The lowest BCUT2D eigenvalue weighted by Gasteiger charge is -2.15. The minimum atomic E-state index is -1.21. The molecule has 2 aromatic heterocycles. The molecule has 0 spiro atoms. The van der Waals surface area contributed by atoms with E-state index in [-0.39, 0.29) is 18.9 Å². The van der Waals surface area contributed by atoms with Gasteiger partial charge in [-0.05, 0) is 18.0 Å². The van der Waals surface area contributed by atoms with E-state index >= 15 is 0 Å². The number of aliphatic hydroxyl groups is 1. The minimum absolute atomic E-state index is 0.00988. The number of aliphatic hydroxyl groups excluding tert-OH is 1. The van der Waals surface area contributed by atoms with Crippen LogP contribution in [0.25, 0.3) is 22.3 Å². The molecule has 0 saturated carbocycles. The van der Waals surface area contributed by atoms with Crippen LogP contribution in [-0.2, 0) is 18.0 Å². The van der Waals surface area contributed by atoms with Crippen molar-refractivity contribution in [3.63, 3.8) is 0 Å². The van der Waals surface area contributed by atoms with Gasteiger partial charge in [0.25, 0.3) is 5.56 Å². The third-order valence-corrected chi connectivity index (χ3v) is 6.66. The van der Waals surface area contributed by atoms with Gasteiger partial charge >= 0.3 is 0 Å². The first-order valence-electron chi connectivity index (χ1n) is 10.1. The first-order chi connectivity index (χ1) is 14.4. The number of nitriles is 1. The summed E-state index contributed by atoms with van der Waals surface area (Å²) in [5, 5.41) is 19.2. The summed E-state index contributed by atoms with van der Waals surface area (Å²) in [5.74, 6) is 0. The van der Waals surface area contributed by atoms with Crippen LogP contribution in [0.1, 0.15) is 12.0 Å². The Morgan fingerprint density at radius 1 is 1.23 bits per heavy atom. The van der Waals surface area contributed by atoms with E-state index in [1.165, 1.54) is 10.9 Å². The Morgan fingerprint density at radius 2 is 1.97 bits per heavy atom. The highest BCUT2D eigenvalue weighted by Gasteiger charge is 2.23. The third kappa shape index (κ3) is 4.70. The lowest BCUT2D eigenvalue weighted by Crippen LogP contribution is -2.26. The molecule has 0 saturated heterocycles. The van der Waals surface area contributed by atoms with Crippen molar-refractivity contribution in [2.75, 3.05) is 13.2 Å². The zero-order chi connectivity index (χ0) is 21.7. The molecule has 3 rings (SSSR count). The Balaban J connectivity index is 2.08. The number of ether oxygens (including phenoxy) is 1. The number of aromatic nitrogens is 3. The van der Waals surface area contributed by atoms with Crippen LogP contribution in [0.4, 0.5) is 0 Å². The van der Waals surface area contributed by atoms with E-state index in [1.807, 2.05) is 34.9 Å². The highest BCUT2D eigenvalue weighted by atomic mass is 28.3. The number of rotatable bonds is 9. The normalized spacial score (nSPS) is 11.7. The zero-order valence-corrected chi connectivity index (χ0v) is 18.8. The van der Waals surface area contributed by atoms with Crippen molar-refractivity contribution in [3.8, 4) is 17.3 Å². The second kappa shape index (κ2) is 9.39. The van der Waals surface area contributed by atoms with Gasteiger partial charge < -0.3 is 14.4 Å². The Labute approximate surface area is 177 Å². The number of aryl methyl sites for hydroxylation is 1. The molecule has 0 atom stereocenters. The predicted octanol–water partition coefficient (Wildman–Crippen LogP) is 3.43. The summed E-state index contributed by atoms with van der Waals surface area (Å²) in [7, 11) is -1.21. The number of fused-ring (bicyclic) bond motifs is 1. The fourth-order valence-corrected chi connectivity index (χ4v) is 4.11. The van der Waals surface area contributed by atoms with Crippen LogP contribution >= 0.6 is 0 Å². The van der Waals surface area contributed by atoms with E-state index in [9.17, 15) is 15.2 Å². The molecule has 7 nitrogen and oxygen atoms in total. The quantitative estimate of drug-likeness (QED) is 0.420. The summed E-state index contributed by atoms with van der Waals surface area (Å²) >= 11 is 0. The molecule has 1 N–H and O–H groups in total. The van der Waals surface area contributed by atoms with Gasteiger partial charge in [0.1, 0.15) is 35.7 Å². The van der Waals surface area contributed by atoms with E-state index < -0.39 is 8.07 Å². The fraction of sp³-hybridized carbons (Fsp3) is 0.409. The van der Waals surface area contributed by atoms with Crippen molar-refractivity contribution in [2.45, 2.75) is 45.4 Å². The lowest BCUT2D eigenvalue weighted by atomic mass is 10.1. The highest BCUT2D eigenvalue weighted by Crippen LogP contribution is 2.31. The Hall–Kier alpha value is -2.73. The Kier molecular flexibility index (Phi) is 6.87. The van der Waals surface area contributed by atoms with Crippen LogP contribution < -0.4 is 5.56 Å². The molecule has 0 fully saturated rings. The largest absolute Gasteiger partial charge is 0.396 e. The lowest BCUT2D eigenvalue weighted by molar-refractivity contribution is 0.0843. The van der Waals surface area contributed by atoms with Gasteiger partial charge in [-0.3, -0.25) is 9.36 Å². The van der Waals surface area contributed by atoms with E-state index in [0.717, 1.165) is 11.6 Å². The topological polar surface area (TPSA) is 93.1 Å². The summed E-state index contributed by atoms with van der Waals surface area (Å²) in [6.45, 7) is 7.96. The van der Waals surface area contributed by atoms with Crippen molar-refractivity contribution in [3.05, 3.63) is 52.6 Å². The third-order valence-electron chi connectivity index (χ3n) is 4.95. The van der Waals surface area contributed by atoms with Crippen molar-refractivity contribution < 1.29 is 9.84 Å². The molecular weight excluding hydrogens is 396 g/mol. The summed E-state index contributed by atoms with van der Waals surface area (Å²) in [5.41, 5.74) is 2.38. The highest BCUT2D eigenvalue weighted by molar-refractivity contribution is 6.76. The van der Waals surface area contributed by atoms with Gasteiger partial charge in [0.2, 0.25) is 0 Å². The van der Waals surface area contributed by atoms with Crippen molar-refractivity contribution in [1.29, 1.82) is 5.26 Å². The molecule has 0 aliphatic carbocycles. The summed E-state index contributed by atoms with van der Waals surface area (Å²) in [6.07, 6.45) is 1.92. The predicted molar refractivity (Wildman–Crippen MR) is 120 cm³/mol. The molecule has 2 heterocycles. The maximum atomic E-state index is 13.3. The van der Waals surface area contributed by atoms with Crippen LogP contribution in [0.5, 0.6) is 0 Å². The van der Waals surface area contributed by atoms with Gasteiger partial charge in [0.15, 0.2) is 0 Å². The molecular formula is C22H28N4O3Si. The molecule has 0 aliphatic heterocycles. The average molecular weight is 425 g/mol. The average Bonchev–Trinajstić information content (AvgIpc) is 3.05. The van der Waals surface area contributed by atoms with Gasteiger partial charge in [-0.25, -0.2) is 4.98 Å². The molecule has 1 aromatic carbocycles. The van der Waals surface area contributed by atoms with Gasteiger partial charge in [-0.1, -0.05) is 50.0 Å². The second-order valence-corrected chi connectivity index (χ2v) is 14.1. The van der Waals surface area contributed by atoms with Crippen LogP contribution in [0.15, 0.2) is 41.5 Å². The van der Waals surface area contributed by atoms with Crippen molar-refractivity contribution in [1.82, 2.24) is 14.1 Å². The van der Waals surface area contributed by atoms with Crippen LogP contribution in [0.3, 0.4) is 0 Å². The maximum absolute atomic E-state index is 13.3. The minimum Gasteiger partial charge on any atom is -0.396 e. The molecule has 0 amide bonds. The molecule has 0 unspecified atom stereocenters. The summed E-state index contributed by atoms with van der Waals surface area (Å²) in [6, 6.07) is 12.7. The first-order valence-corrected chi connectivity index (χ1v) is 13.8. The van der Waals surface area contributed by atoms with E-state index in [4.69, 9.17) is 4.74 Å².